The number of rotatable bonds is 13. The van der Waals surface area contributed by atoms with Crippen molar-refractivity contribution in [3.8, 4) is 0 Å². The summed E-state index contributed by atoms with van der Waals surface area (Å²) in [6.45, 7) is 14.1. The van der Waals surface area contributed by atoms with Gasteiger partial charge in [-0.3, -0.25) is 0 Å². The smallest absolute Gasteiger partial charge is 0.192 e. The number of benzene rings is 1. The van der Waals surface area contributed by atoms with Gasteiger partial charge in [0.05, 0.1) is 52.4 Å². The van der Waals surface area contributed by atoms with E-state index in [0.29, 0.717) is 39.6 Å². The Balaban J connectivity index is 1.95. The minimum absolute atomic E-state index is 0.143. The Morgan fingerprint density at radius 3 is 2.08 bits per heavy atom. The maximum Gasteiger partial charge on any atom is 0.192 e. The minimum Gasteiger partial charge on any atom is -0.414 e. The highest BCUT2D eigenvalue weighted by Gasteiger charge is 2.37. The molecule has 0 radical (unpaired) electrons. The SMILES string of the molecule is CC(C)(C)[Si](C)(C)OC[C@@H](O)COCCOCCOCc1ccccc1. The van der Waals surface area contributed by atoms with E-state index in [1.54, 1.807) is 0 Å². The van der Waals surface area contributed by atoms with Gasteiger partial charge < -0.3 is 23.7 Å². The van der Waals surface area contributed by atoms with Crippen molar-refractivity contribution in [3.05, 3.63) is 35.9 Å². The zero-order valence-electron chi connectivity index (χ0n) is 17.0. The molecule has 1 atom stereocenters. The quantitative estimate of drug-likeness (QED) is 0.416. The van der Waals surface area contributed by atoms with Crippen LogP contribution in [0.15, 0.2) is 30.3 Å². The normalized spacial score (nSPS) is 13.8. The Kier molecular flexibility index (Phi) is 10.6. The first-order valence-electron chi connectivity index (χ1n) is 9.31. The molecule has 0 aliphatic heterocycles. The van der Waals surface area contributed by atoms with E-state index in [1.807, 2.05) is 30.3 Å². The largest absolute Gasteiger partial charge is 0.414 e. The Morgan fingerprint density at radius 2 is 1.46 bits per heavy atom. The summed E-state index contributed by atoms with van der Waals surface area (Å²) in [7, 11) is -1.82. The molecule has 26 heavy (non-hydrogen) atoms. The van der Waals surface area contributed by atoms with Gasteiger partial charge in [-0.1, -0.05) is 51.1 Å². The Bertz CT molecular complexity index is 473. The van der Waals surface area contributed by atoms with E-state index >= 15 is 0 Å². The van der Waals surface area contributed by atoms with Crippen molar-refractivity contribution >= 4 is 8.32 Å². The first kappa shape index (κ1) is 23.3. The lowest BCUT2D eigenvalue weighted by Crippen LogP contribution is -2.43. The van der Waals surface area contributed by atoms with E-state index in [2.05, 4.69) is 33.9 Å². The summed E-state index contributed by atoms with van der Waals surface area (Å²) < 4.78 is 22.4. The average Bonchev–Trinajstić information content (AvgIpc) is 2.58. The molecule has 6 heteroatoms. The molecule has 0 unspecified atom stereocenters. The van der Waals surface area contributed by atoms with E-state index in [4.69, 9.17) is 18.6 Å². The lowest BCUT2D eigenvalue weighted by atomic mass is 10.2. The molecule has 1 rings (SSSR count). The summed E-state index contributed by atoms with van der Waals surface area (Å²) in [5.41, 5.74) is 1.16. The number of aliphatic hydroxyl groups is 1. The van der Waals surface area contributed by atoms with Gasteiger partial charge in [0.1, 0.15) is 0 Å². The fraction of sp³-hybridized carbons (Fsp3) is 0.700. The van der Waals surface area contributed by atoms with Crippen LogP contribution in [0.25, 0.3) is 0 Å². The summed E-state index contributed by atoms with van der Waals surface area (Å²) in [6.07, 6.45) is -0.599. The van der Waals surface area contributed by atoms with Gasteiger partial charge in [-0.15, -0.1) is 0 Å². The molecular formula is C20H36O5Si. The van der Waals surface area contributed by atoms with Gasteiger partial charge >= 0.3 is 0 Å². The van der Waals surface area contributed by atoms with Crippen LogP contribution < -0.4 is 0 Å². The van der Waals surface area contributed by atoms with Crippen molar-refractivity contribution in [2.24, 2.45) is 0 Å². The third-order valence-electron chi connectivity index (χ3n) is 4.61. The zero-order chi connectivity index (χ0) is 19.5. The minimum atomic E-state index is -1.82. The van der Waals surface area contributed by atoms with Crippen molar-refractivity contribution < 1.29 is 23.7 Å². The highest BCUT2D eigenvalue weighted by molar-refractivity contribution is 6.74. The molecule has 150 valence electrons. The fourth-order valence-electron chi connectivity index (χ4n) is 1.89. The van der Waals surface area contributed by atoms with Crippen LogP contribution in [0.3, 0.4) is 0 Å². The molecule has 0 bridgehead atoms. The third kappa shape index (κ3) is 9.80. The first-order chi connectivity index (χ1) is 12.2. The summed E-state index contributed by atoms with van der Waals surface area (Å²) in [4.78, 5) is 0. The Morgan fingerprint density at radius 1 is 0.885 bits per heavy atom. The van der Waals surface area contributed by atoms with Crippen molar-refractivity contribution in [1.29, 1.82) is 0 Å². The van der Waals surface area contributed by atoms with Crippen LogP contribution in [-0.4, -0.2) is 59.2 Å². The molecule has 0 spiro atoms. The van der Waals surface area contributed by atoms with Crippen LogP contribution in [0.4, 0.5) is 0 Å². The number of aliphatic hydroxyl groups excluding tert-OH is 1. The van der Waals surface area contributed by atoms with Gasteiger partial charge in [0.2, 0.25) is 0 Å². The van der Waals surface area contributed by atoms with E-state index in [-0.39, 0.29) is 11.6 Å². The molecule has 0 aliphatic carbocycles. The summed E-state index contributed by atoms with van der Waals surface area (Å²) in [6, 6.07) is 10.1. The van der Waals surface area contributed by atoms with Crippen LogP contribution in [0.2, 0.25) is 18.1 Å². The number of hydrogen-bond donors (Lipinski definition) is 1. The van der Waals surface area contributed by atoms with Crippen LogP contribution in [-0.2, 0) is 25.2 Å². The summed E-state index contributed by atoms with van der Waals surface area (Å²) in [5, 5.41) is 10.1. The fourth-order valence-corrected chi connectivity index (χ4v) is 2.93. The summed E-state index contributed by atoms with van der Waals surface area (Å²) in [5.74, 6) is 0. The van der Waals surface area contributed by atoms with E-state index in [0.717, 1.165) is 5.56 Å². The van der Waals surface area contributed by atoms with Crippen LogP contribution in [0, 0.1) is 0 Å². The predicted molar refractivity (Wildman–Crippen MR) is 107 cm³/mol. The van der Waals surface area contributed by atoms with E-state index in [1.165, 1.54) is 0 Å². The molecule has 0 saturated heterocycles. The second-order valence-electron chi connectivity index (χ2n) is 7.95. The molecular weight excluding hydrogens is 348 g/mol. The molecule has 0 aromatic heterocycles. The monoisotopic (exact) mass is 384 g/mol. The van der Waals surface area contributed by atoms with Crippen molar-refractivity contribution in [2.45, 2.75) is 51.6 Å². The van der Waals surface area contributed by atoms with E-state index < -0.39 is 14.4 Å². The topological polar surface area (TPSA) is 57.2 Å². The van der Waals surface area contributed by atoms with Crippen LogP contribution in [0.1, 0.15) is 26.3 Å². The van der Waals surface area contributed by atoms with Crippen molar-refractivity contribution in [3.63, 3.8) is 0 Å². The van der Waals surface area contributed by atoms with Gasteiger partial charge in [-0.25, -0.2) is 0 Å². The Hall–Kier alpha value is -0.763. The molecule has 0 aliphatic rings. The number of hydrogen-bond acceptors (Lipinski definition) is 5. The van der Waals surface area contributed by atoms with Gasteiger partial charge in [-0.2, -0.15) is 0 Å². The van der Waals surface area contributed by atoms with Crippen LogP contribution in [0.5, 0.6) is 0 Å². The average molecular weight is 385 g/mol. The number of ether oxygens (including phenoxy) is 3. The molecule has 0 fully saturated rings. The maximum absolute atomic E-state index is 9.97. The predicted octanol–water partition coefficient (Wildman–Crippen LogP) is 3.62. The highest BCUT2D eigenvalue weighted by atomic mass is 28.4. The third-order valence-corrected chi connectivity index (χ3v) is 9.11. The first-order valence-corrected chi connectivity index (χ1v) is 12.2. The molecule has 1 aromatic rings. The lowest BCUT2D eigenvalue weighted by molar-refractivity contribution is -0.0224. The highest BCUT2D eigenvalue weighted by Crippen LogP contribution is 2.36. The van der Waals surface area contributed by atoms with E-state index in [9.17, 15) is 5.11 Å². The molecule has 0 saturated carbocycles. The summed E-state index contributed by atoms with van der Waals surface area (Å²) >= 11 is 0. The maximum atomic E-state index is 9.97. The standard InChI is InChI=1S/C20H36O5Si/c1-20(2,3)26(4,5)25-17-19(21)16-24-14-12-22-11-13-23-15-18-9-7-6-8-10-18/h6-10,19,21H,11-17H2,1-5H3/t19-/m0/s1. The molecule has 0 amide bonds. The second kappa shape index (κ2) is 11.8. The molecule has 5 nitrogen and oxygen atoms in total. The van der Waals surface area contributed by atoms with Gasteiger partial charge in [-0.05, 0) is 23.7 Å². The lowest BCUT2D eigenvalue weighted by Gasteiger charge is -2.36. The van der Waals surface area contributed by atoms with Gasteiger partial charge in [0.15, 0.2) is 8.32 Å². The van der Waals surface area contributed by atoms with Crippen LogP contribution >= 0.6 is 0 Å². The second-order valence-corrected chi connectivity index (χ2v) is 12.8. The van der Waals surface area contributed by atoms with Crippen molar-refractivity contribution in [2.75, 3.05) is 39.6 Å². The molecule has 1 aromatic carbocycles. The van der Waals surface area contributed by atoms with Gasteiger partial charge in [0, 0.05) is 0 Å². The zero-order valence-corrected chi connectivity index (χ0v) is 18.0. The molecule has 0 heterocycles. The Labute approximate surface area is 159 Å². The molecule has 1 N–H and O–H groups in total. The van der Waals surface area contributed by atoms with Crippen molar-refractivity contribution in [1.82, 2.24) is 0 Å². The van der Waals surface area contributed by atoms with Gasteiger partial charge in [0.25, 0.3) is 0 Å².